The zero-order chi connectivity index (χ0) is 75.6. The maximum atomic E-state index is 15.5. The average Bonchev–Trinajstić information content (AvgIpc) is 0.797. The number of likely N-dealkylation sites (N-methyl/N-ethyl adjacent to an activating group) is 7. The van der Waals surface area contributed by atoms with Gasteiger partial charge in [-0.2, -0.15) is 0 Å². The van der Waals surface area contributed by atoms with Crippen LogP contribution >= 0.6 is 11.8 Å². The maximum Gasteiger partial charge on any atom is 0.303 e. The third-order valence-corrected chi connectivity index (χ3v) is 19.5. The normalized spacial score (nSPS) is 16.7. The summed E-state index contributed by atoms with van der Waals surface area (Å²) in [6.07, 6.45) is 6.00. The lowest BCUT2D eigenvalue weighted by molar-refractivity contribution is -0.164. The molecule has 560 valence electrons. The summed E-state index contributed by atoms with van der Waals surface area (Å²) in [4.78, 5) is 182. The Morgan fingerprint density at radius 2 is 1.06 bits per heavy atom. The Bertz CT molecular complexity index is 2870. The second-order valence-electron chi connectivity index (χ2n) is 29.5. The number of carbonyl (C=O) groups excluding carboxylic acids is 12. The number of thioether (sulfide) groups is 1. The lowest BCUT2D eigenvalue weighted by Crippen LogP contribution is -2.64. The molecule has 4 N–H and O–H groups in total. The number of ether oxygens (including phenoxy) is 1. The highest BCUT2D eigenvalue weighted by Gasteiger charge is 2.47. The fourth-order valence-corrected chi connectivity index (χ4v) is 13.3. The Hall–Kier alpha value is -6.89. The molecule has 12 atom stereocenters. The second kappa shape index (κ2) is 42.4. The van der Waals surface area contributed by atoms with Crippen LogP contribution in [-0.4, -0.2) is 233 Å². The molecule has 2 rings (SSSR count). The van der Waals surface area contributed by atoms with Crippen molar-refractivity contribution >= 4 is 81.9 Å². The summed E-state index contributed by atoms with van der Waals surface area (Å²) in [7, 11) is 10.3. The number of esters is 1. The Kier molecular flexibility index (Phi) is 37.8. The first-order valence-corrected chi connectivity index (χ1v) is 36.6. The minimum atomic E-state index is -1.60. The second-order valence-corrected chi connectivity index (χ2v) is 30.5. The predicted octanol–water partition coefficient (Wildman–Crippen LogP) is 6.92. The SMILES string of the molecule is C/C=C/C[C@@H](C)[C@@H](OC(C)=O)[C@@H](C(=O)N[C@@H](CC)C(=O)N(C)CC(=O)N(C)[C@@H](CC(C)C)C(=O)N[C@H](C(=O)N(C)[C@@H](CC(C)C)C(=O)N[C@@H](C)C(=O)SCc1ccccc1)C(C)C)N(C)C(=O)[C@H](C(C)C)N(C)C(=O)[C@H](CC(C)C)N(C)C(=O)[C@H](CC(C)C)N(C)C(=O)[C@H]1CCCCN1. The smallest absolute Gasteiger partial charge is 0.303 e. The lowest BCUT2D eigenvalue weighted by atomic mass is 9.91. The van der Waals surface area contributed by atoms with E-state index in [1.54, 1.807) is 75.6 Å². The van der Waals surface area contributed by atoms with Gasteiger partial charge < -0.3 is 60.3 Å². The van der Waals surface area contributed by atoms with Gasteiger partial charge in [-0.25, -0.2) is 0 Å². The molecule has 0 bridgehead atoms. The van der Waals surface area contributed by atoms with Crippen LogP contribution in [0.3, 0.4) is 0 Å². The molecule has 0 aromatic heterocycles. The van der Waals surface area contributed by atoms with Gasteiger partial charge >= 0.3 is 5.97 Å². The maximum absolute atomic E-state index is 15.5. The molecule has 1 heterocycles. The number of allylic oxidation sites excluding steroid dienone is 2. The molecule has 24 nitrogen and oxygen atoms in total. The van der Waals surface area contributed by atoms with Crippen LogP contribution in [0.5, 0.6) is 0 Å². The van der Waals surface area contributed by atoms with Crippen molar-refractivity contribution in [2.75, 3.05) is 62.4 Å². The number of benzene rings is 1. The molecule has 1 aromatic rings. The highest BCUT2D eigenvalue weighted by molar-refractivity contribution is 8.13. The van der Waals surface area contributed by atoms with Gasteiger partial charge in [0.05, 0.1) is 18.6 Å². The van der Waals surface area contributed by atoms with E-state index in [2.05, 4.69) is 21.3 Å². The number of hydrogen-bond donors (Lipinski definition) is 4. The lowest BCUT2D eigenvalue weighted by Gasteiger charge is -2.42. The largest absolute Gasteiger partial charge is 0.459 e. The first-order chi connectivity index (χ1) is 46.2. The van der Waals surface area contributed by atoms with Crippen molar-refractivity contribution in [3.05, 3.63) is 48.0 Å². The molecule has 99 heavy (non-hydrogen) atoms. The summed E-state index contributed by atoms with van der Waals surface area (Å²) in [5, 5.41) is 11.5. The van der Waals surface area contributed by atoms with Gasteiger partial charge in [-0.05, 0) is 119 Å². The zero-order valence-corrected chi connectivity index (χ0v) is 65.1. The summed E-state index contributed by atoms with van der Waals surface area (Å²) < 4.78 is 5.97. The van der Waals surface area contributed by atoms with E-state index in [0.29, 0.717) is 31.6 Å². The number of nitrogens with zero attached hydrogens (tertiary/aromatic N) is 7. The van der Waals surface area contributed by atoms with Crippen molar-refractivity contribution < 1.29 is 62.3 Å². The van der Waals surface area contributed by atoms with Crippen molar-refractivity contribution in [2.24, 2.45) is 41.4 Å². The summed E-state index contributed by atoms with van der Waals surface area (Å²) >= 11 is 1.08. The third kappa shape index (κ3) is 26.9. The third-order valence-electron chi connectivity index (χ3n) is 18.4. The minimum absolute atomic E-state index is 0.00571. The van der Waals surface area contributed by atoms with Gasteiger partial charge in [0.1, 0.15) is 54.4 Å². The number of nitrogens with one attached hydrogen (secondary N) is 4. The number of rotatable bonds is 39. The first kappa shape index (κ1) is 88.2. The van der Waals surface area contributed by atoms with Crippen molar-refractivity contribution in [2.45, 2.75) is 248 Å². The van der Waals surface area contributed by atoms with Crippen LogP contribution < -0.4 is 21.3 Å². The van der Waals surface area contributed by atoms with Crippen LogP contribution in [-0.2, 0) is 68.0 Å². The Morgan fingerprint density at radius 1 is 0.566 bits per heavy atom. The van der Waals surface area contributed by atoms with Crippen LogP contribution in [0, 0.1) is 41.4 Å². The topological polar surface area (TPSA) is 285 Å². The summed E-state index contributed by atoms with van der Waals surface area (Å²) in [6.45, 7) is 30.4. The molecule has 1 aliphatic heterocycles. The van der Waals surface area contributed by atoms with E-state index in [-0.39, 0.29) is 60.4 Å². The van der Waals surface area contributed by atoms with Crippen molar-refractivity contribution in [3.8, 4) is 0 Å². The van der Waals surface area contributed by atoms with Crippen LogP contribution in [0.15, 0.2) is 42.5 Å². The average molecular weight is 1410 g/mol. The Balaban J connectivity index is 2.55. The van der Waals surface area contributed by atoms with Crippen LogP contribution in [0.2, 0.25) is 0 Å². The van der Waals surface area contributed by atoms with Crippen LogP contribution in [0.25, 0.3) is 0 Å². The molecule has 10 amide bonds. The fourth-order valence-electron chi connectivity index (χ4n) is 12.5. The van der Waals surface area contributed by atoms with E-state index in [4.69, 9.17) is 4.74 Å². The molecule has 1 saturated heterocycles. The molecule has 1 aliphatic rings. The van der Waals surface area contributed by atoms with Crippen molar-refractivity contribution in [3.63, 3.8) is 0 Å². The number of piperidine rings is 1. The van der Waals surface area contributed by atoms with Gasteiger partial charge in [-0.15, -0.1) is 0 Å². The van der Waals surface area contributed by atoms with Gasteiger partial charge in [0, 0.05) is 62.0 Å². The highest BCUT2D eigenvalue weighted by atomic mass is 32.2. The summed E-state index contributed by atoms with van der Waals surface area (Å²) in [5.74, 6) is -8.16. The number of carbonyl (C=O) groups is 12. The number of hydrogen-bond acceptors (Lipinski definition) is 15. The molecule has 0 unspecified atom stereocenters. The van der Waals surface area contributed by atoms with E-state index in [1.807, 2.05) is 91.8 Å². The monoisotopic (exact) mass is 1410 g/mol. The van der Waals surface area contributed by atoms with Gasteiger partial charge in [0.25, 0.3) is 0 Å². The van der Waals surface area contributed by atoms with Gasteiger partial charge in [-0.3, -0.25) is 57.5 Å². The molecule has 1 fully saturated rings. The van der Waals surface area contributed by atoms with Gasteiger partial charge in [0.15, 0.2) is 0 Å². The van der Waals surface area contributed by atoms with E-state index < -0.39 is 150 Å². The first-order valence-electron chi connectivity index (χ1n) is 35.6. The predicted molar refractivity (Wildman–Crippen MR) is 389 cm³/mol. The molecule has 0 aliphatic carbocycles. The quantitative estimate of drug-likeness (QED) is 0.0384. The standard InChI is InChI=1S/C74H125N11O13S/c1-25-27-33-50(15)64(98-52(17)86)63(85(24)73(96)62(49(13)14)84(23)71(94)59(41-47(9)10)83(22)70(93)58(40-46(7)8)82(21)69(92)55-36-31-32-37-75-55)67(90)77-54(26-2)68(91)79(18)42-60(87)80(19)56(38-44(3)4)66(89)78-61(48(11)12)72(95)81(20)57(39-45(5)6)65(88)76-51(16)74(97)99-43-53-34-29-28-30-35-53/h25,27-30,34-35,44-51,54-59,61-64,75H,26,31-33,36-43H2,1-24H3,(H,76,88)(H,77,90)(H,78,89)/b27-25+/t50-,51+,54+,55-,56+,57+,58+,59+,61+,62+,63+,64-/m1/s1. The van der Waals surface area contributed by atoms with Crippen LogP contribution in [0.4, 0.5) is 0 Å². The minimum Gasteiger partial charge on any atom is -0.459 e. The molecular weight excluding hydrogens is 1280 g/mol. The molecular formula is C74H125N11O13S. The molecule has 0 spiro atoms. The Morgan fingerprint density at radius 3 is 1.55 bits per heavy atom. The number of amides is 10. The van der Waals surface area contributed by atoms with Crippen molar-refractivity contribution in [1.82, 2.24) is 55.6 Å². The van der Waals surface area contributed by atoms with Crippen LogP contribution in [0.1, 0.15) is 181 Å². The molecule has 25 heteroatoms. The van der Waals surface area contributed by atoms with E-state index in [9.17, 15) is 43.2 Å². The van der Waals surface area contributed by atoms with Gasteiger partial charge in [0.2, 0.25) is 64.2 Å². The van der Waals surface area contributed by atoms with E-state index in [1.165, 1.54) is 66.7 Å². The molecule has 0 saturated carbocycles. The van der Waals surface area contributed by atoms with Gasteiger partial charge in [-0.1, -0.05) is 158 Å². The van der Waals surface area contributed by atoms with E-state index in [0.717, 1.165) is 40.0 Å². The Labute approximate surface area is 596 Å². The zero-order valence-electron chi connectivity index (χ0n) is 64.3. The summed E-state index contributed by atoms with van der Waals surface area (Å²) in [5.41, 5.74) is 0.951. The highest BCUT2D eigenvalue weighted by Crippen LogP contribution is 2.28. The molecule has 1 aromatic carbocycles. The molecule has 0 radical (unpaired) electrons. The van der Waals surface area contributed by atoms with Crippen molar-refractivity contribution in [1.29, 1.82) is 0 Å². The fraction of sp³-hybridized carbons (Fsp3) is 0.730. The summed E-state index contributed by atoms with van der Waals surface area (Å²) in [6, 6.07) is -1.29. The van der Waals surface area contributed by atoms with E-state index >= 15 is 14.4 Å².